The second-order valence-electron chi connectivity index (χ2n) is 5.53. The standard InChI is InChI=1S/C18H19ClO2/c19-16-10-14-8-9-21-18(14)15(11-16)12-17(20)7-6-13-4-2-1-3-5-13/h1-5,10-11,17,20H,6-9,12H2. The molecule has 0 amide bonds. The molecule has 2 aromatic rings. The fourth-order valence-electron chi connectivity index (χ4n) is 2.83. The number of fused-ring (bicyclic) bond motifs is 1. The van der Waals surface area contributed by atoms with Crippen LogP contribution in [-0.2, 0) is 19.3 Å². The van der Waals surface area contributed by atoms with Crippen LogP contribution in [0.25, 0.3) is 0 Å². The van der Waals surface area contributed by atoms with Crippen molar-refractivity contribution < 1.29 is 9.84 Å². The van der Waals surface area contributed by atoms with E-state index in [-0.39, 0.29) is 6.10 Å². The number of aryl methyl sites for hydroxylation is 1. The van der Waals surface area contributed by atoms with E-state index in [1.807, 2.05) is 30.3 Å². The van der Waals surface area contributed by atoms with Crippen LogP contribution in [0.2, 0.25) is 5.02 Å². The highest BCUT2D eigenvalue weighted by atomic mass is 35.5. The van der Waals surface area contributed by atoms with Gasteiger partial charge in [-0.25, -0.2) is 0 Å². The molecule has 21 heavy (non-hydrogen) atoms. The van der Waals surface area contributed by atoms with Gasteiger partial charge in [0.1, 0.15) is 5.75 Å². The largest absolute Gasteiger partial charge is 0.493 e. The van der Waals surface area contributed by atoms with Gasteiger partial charge in [0.2, 0.25) is 0 Å². The number of hydrogen-bond donors (Lipinski definition) is 1. The topological polar surface area (TPSA) is 29.5 Å². The Morgan fingerprint density at radius 3 is 2.81 bits per heavy atom. The van der Waals surface area contributed by atoms with Crippen LogP contribution >= 0.6 is 11.6 Å². The third-order valence-corrected chi connectivity index (χ3v) is 4.11. The van der Waals surface area contributed by atoms with Crippen molar-refractivity contribution in [1.82, 2.24) is 0 Å². The molecule has 1 aliphatic heterocycles. The van der Waals surface area contributed by atoms with E-state index in [4.69, 9.17) is 16.3 Å². The average Bonchev–Trinajstić information content (AvgIpc) is 2.94. The fourth-order valence-corrected chi connectivity index (χ4v) is 3.09. The van der Waals surface area contributed by atoms with Gasteiger partial charge >= 0.3 is 0 Å². The molecule has 1 heterocycles. The molecule has 2 aromatic carbocycles. The van der Waals surface area contributed by atoms with Gasteiger partial charge in [0.25, 0.3) is 0 Å². The molecular weight excluding hydrogens is 284 g/mol. The molecule has 0 saturated carbocycles. The Bertz CT molecular complexity index is 610. The lowest BCUT2D eigenvalue weighted by Gasteiger charge is -2.14. The van der Waals surface area contributed by atoms with E-state index in [0.717, 1.165) is 41.2 Å². The zero-order chi connectivity index (χ0) is 14.7. The zero-order valence-corrected chi connectivity index (χ0v) is 12.6. The van der Waals surface area contributed by atoms with Crippen molar-refractivity contribution in [2.45, 2.75) is 31.8 Å². The zero-order valence-electron chi connectivity index (χ0n) is 11.9. The van der Waals surface area contributed by atoms with Gasteiger partial charge in [-0.05, 0) is 41.7 Å². The summed E-state index contributed by atoms with van der Waals surface area (Å²) in [6, 6.07) is 14.1. The highest BCUT2D eigenvalue weighted by Gasteiger charge is 2.19. The molecular formula is C18H19ClO2. The van der Waals surface area contributed by atoms with Crippen molar-refractivity contribution in [2.75, 3.05) is 6.61 Å². The van der Waals surface area contributed by atoms with Gasteiger partial charge in [0, 0.05) is 17.9 Å². The Hall–Kier alpha value is -1.51. The number of hydrogen-bond acceptors (Lipinski definition) is 2. The van der Waals surface area contributed by atoms with E-state index in [1.165, 1.54) is 5.56 Å². The van der Waals surface area contributed by atoms with Crippen molar-refractivity contribution in [3.05, 3.63) is 64.2 Å². The summed E-state index contributed by atoms with van der Waals surface area (Å²) in [7, 11) is 0. The summed E-state index contributed by atoms with van der Waals surface area (Å²) in [4.78, 5) is 0. The molecule has 1 unspecified atom stereocenters. The van der Waals surface area contributed by atoms with E-state index in [2.05, 4.69) is 12.1 Å². The Kier molecular flexibility index (Phi) is 4.47. The number of benzene rings is 2. The predicted octanol–water partition coefficient (Wildman–Crippen LogP) is 3.81. The van der Waals surface area contributed by atoms with Crippen LogP contribution in [0, 0.1) is 0 Å². The van der Waals surface area contributed by atoms with Gasteiger partial charge in [-0.1, -0.05) is 41.9 Å². The quantitative estimate of drug-likeness (QED) is 0.910. The Labute approximate surface area is 130 Å². The maximum Gasteiger partial charge on any atom is 0.126 e. The van der Waals surface area contributed by atoms with E-state index in [9.17, 15) is 5.11 Å². The minimum atomic E-state index is -0.378. The first kappa shape index (κ1) is 14.4. The van der Waals surface area contributed by atoms with Crippen molar-refractivity contribution in [3.8, 4) is 5.75 Å². The molecule has 0 saturated heterocycles. The summed E-state index contributed by atoms with van der Waals surface area (Å²) in [5, 5.41) is 11.0. The molecule has 1 N–H and O–H groups in total. The first-order chi connectivity index (χ1) is 10.2. The molecule has 0 radical (unpaired) electrons. The third kappa shape index (κ3) is 3.58. The smallest absolute Gasteiger partial charge is 0.126 e. The van der Waals surface area contributed by atoms with Crippen LogP contribution in [0.5, 0.6) is 5.75 Å². The number of rotatable bonds is 5. The Balaban J connectivity index is 1.64. The first-order valence-electron chi connectivity index (χ1n) is 7.38. The van der Waals surface area contributed by atoms with Gasteiger partial charge in [0.05, 0.1) is 12.7 Å². The molecule has 2 nitrogen and oxygen atoms in total. The number of halogens is 1. The lowest BCUT2D eigenvalue weighted by atomic mass is 9.99. The predicted molar refractivity (Wildman–Crippen MR) is 85.1 cm³/mol. The fraction of sp³-hybridized carbons (Fsp3) is 0.333. The number of aliphatic hydroxyl groups excluding tert-OH is 1. The minimum absolute atomic E-state index is 0.378. The van der Waals surface area contributed by atoms with Gasteiger partial charge < -0.3 is 9.84 Å². The van der Waals surface area contributed by atoms with Crippen molar-refractivity contribution >= 4 is 11.6 Å². The SMILES string of the molecule is OC(CCc1ccccc1)Cc1cc(Cl)cc2c1OCC2. The molecule has 0 spiro atoms. The van der Waals surface area contributed by atoms with Crippen molar-refractivity contribution in [3.63, 3.8) is 0 Å². The monoisotopic (exact) mass is 302 g/mol. The Morgan fingerprint density at radius 2 is 2.00 bits per heavy atom. The van der Waals surface area contributed by atoms with Crippen LogP contribution in [0.1, 0.15) is 23.1 Å². The van der Waals surface area contributed by atoms with Gasteiger partial charge in [-0.2, -0.15) is 0 Å². The van der Waals surface area contributed by atoms with E-state index in [1.54, 1.807) is 0 Å². The first-order valence-corrected chi connectivity index (χ1v) is 7.76. The summed E-state index contributed by atoms with van der Waals surface area (Å²) in [5.74, 6) is 0.929. The van der Waals surface area contributed by atoms with Crippen molar-refractivity contribution in [1.29, 1.82) is 0 Å². The highest BCUT2D eigenvalue weighted by molar-refractivity contribution is 6.30. The molecule has 3 heteroatoms. The van der Waals surface area contributed by atoms with Crippen LogP contribution in [-0.4, -0.2) is 17.8 Å². The number of ether oxygens (including phenoxy) is 1. The average molecular weight is 303 g/mol. The summed E-state index contributed by atoms with van der Waals surface area (Å²) < 4.78 is 5.68. The van der Waals surface area contributed by atoms with Gasteiger partial charge in [-0.15, -0.1) is 0 Å². The molecule has 3 rings (SSSR count). The van der Waals surface area contributed by atoms with Gasteiger partial charge in [0.15, 0.2) is 0 Å². The second-order valence-corrected chi connectivity index (χ2v) is 5.97. The summed E-state index contributed by atoms with van der Waals surface area (Å²) >= 11 is 6.15. The maximum atomic E-state index is 10.3. The molecule has 0 aliphatic carbocycles. The molecule has 1 atom stereocenters. The Morgan fingerprint density at radius 1 is 1.19 bits per heavy atom. The van der Waals surface area contributed by atoms with Crippen LogP contribution in [0.3, 0.4) is 0 Å². The minimum Gasteiger partial charge on any atom is -0.493 e. The molecule has 0 bridgehead atoms. The van der Waals surface area contributed by atoms with Crippen LogP contribution < -0.4 is 4.74 Å². The molecule has 1 aliphatic rings. The van der Waals surface area contributed by atoms with Crippen LogP contribution in [0.4, 0.5) is 0 Å². The second kappa shape index (κ2) is 6.50. The van der Waals surface area contributed by atoms with E-state index < -0.39 is 0 Å². The maximum absolute atomic E-state index is 10.3. The molecule has 0 fully saturated rings. The van der Waals surface area contributed by atoms with Gasteiger partial charge in [-0.3, -0.25) is 0 Å². The molecule has 110 valence electrons. The van der Waals surface area contributed by atoms with Crippen LogP contribution in [0.15, 0.2) is 42.5 Å². The lowest BCUT2D eigenvalue weighted by molar-refractivity contribution is 0.164. The summed E-state index contributed by atoms with van der Waals surface area (Å²) in [6.07, 6.45) is 2.74. The summed E-state index contributed by atoms with van der Waals surface area (Å²) in [5.41, 5.74) is 3.44. The summed E-state index contributed by atoms with van der Waals surface area (Å²) in [6.45, 7) is 0.711. The molecule has 0 aromatic heterocycles. The highest BCUT2D eigenvalue weighted by Crippen LogP contribution is 2.33. The normalized spacial score (nSPS) is 14.6. The third-order valence-electron chi connectivity index (χ3n) is 3.89. The van der Waals surface area contributed by atoms with E-state index in [0.29, 0.717) is 13.0 Å². The lowest BCUT2D eigenvalue weighted by Crippen LogP contribution is -2.12. The van der Waals surface area contributed by atoms with E-state index >= 15 is 0 Å². The van der Waals surface area contributed by atoms with Crippen molar-refractivity contribution in [2.24, 2.45) is 0 Å². The number of aliphatic hydroxyl groups is 1.